The summed E-state index contributed by atoms with van der Waals surface area (Å²) in [5.41, 5.74) is 1.88. The third kappa shape index (κ3) is 3.98. The minimum Gasteiger partial charge on any atom is -0.507 e. The van der Waals surface area contributed by atoms with Crippen LogP contribution in [0.4, 0.5) is 10.1 Å². The number of ketones is 1. The van der Waals surface area contributed by atoms with Crippen LogP contribution in [0.1, 0.15) is 42.6 Å². The van der Waals surface area contributed by atoms with E-state index in [1.165, 1.54) is 29.2 Å². The number of aliphatic hydroxyl groups excluding tert-OH is 1. The molecule has 1 aliphatic rings. The number of carbonyl (C=O) groups is 2. The quantitative estimate of drug-likeness (QED) is 0.340. The van der Waals surface area contributed by atoms with Gasteiger partial charge in [0.05, 0.1) is 18.4 Å². The number of pyridine rings is 1. The number of aliphatic hydroxyl groups is 1. The fraction of sp³-hybridized carbons (Fsp3) is 0.192. The van der Waals surface area contributed by atoms with E-state index in [0.717, 1.165) is 5.56 Å². The third-order valence-electron chi connectivity index (χ3n) is 5.64. The molecule has 2 aromatic carbocycles. The number of hydrogen-bond donors (Lipinski definition) is 1. The second-order valence-electron chi connectivity index (χ2n) is 8.01. The number of nitrogens with zero attached hydrogens (tertiary/aromatic N) is 2. The summed E-state index contributed by atoms with van der Waals surface area (Å²) in [6, 6.07) is 14.5. The van der Waals surface area contributed by atoms with E-state index >= 15 is 0 Å². The summed E-state index contributed by atoms with van der Waals surface area (Å²) in [4.78, 5) is 31.8. The molecule has 7 heteroatoms. The molecule has 1 aromatic heterocycles. The lowest BCUT2D eigenvalue weighted by molar-refractivity contribution is -0.132. The minimum atomic E-state index is -0.971. The van der Waals surface area contributed by atoms with E-state index in [1.54, 1.807) is 49.7 Å². The molecule has 1 atom stereocenters. The number of anilines is 1. The summed E-state index contributed by atoms with van der Waals surface area (Å²) >= 11 is 0. The molecule has 1 aliphatic heterocycles. The molecule has 0 aliphatic carbocycles. The smallest absolute Gasteiger partial charge is 0.300 e. The standard InChI is InChI=1S/C26H23FN2O4/c1-15(2)19-14-16(7-12-21(19)33-3)24(30)22-23(20-6-4-5-13-28-20)29(26(32)25(22)31)18-10-8-17(27)9-11-18/h4-15,23,30H,1-3H3/b24-22-. The van der Waals surface area contributed by atoms with Crippen LogP contribution in [0.25, 0.3) is 5.76 Å². The number of rotatable bonds is 5. The maximum Gasteiger partial charge on any atom is 0.300 e. The summed E-state index contributed by atoms with van der Waals surface area (Å²) in [6.45, 7) is 3.98. The van der Waals surface area contributed by atoms with E-state index in [-0.39, 0.29) is 17.3 Å². The topological polar surface area (TPSA) is 79.7 Å². The van der Waals surface area contributed by atoms with Crippen molar-refractivity contribution in [3.8, 4) is 5.75 Å². The summed E-state index contributed by atoms with van der Waals surface area (Å²) in [7, 11) is 1.57. The molecule has 0 radical (unpaired) electrons. The minimum absolute atomic E-state index is 0.0807. The molecule has 2 heterocycles. The van der Waals surface area contributed by atoms with Crippen molar-refractivity contribution >= 4 is 23.1 Å². The SMILES string of the molecule is COc1ccc(/C(O)=C2/C(=O)C(=O)N(c3ccc(F)cc3)C2c2ccccn2)cc1C(C)C. The van der Waals surface area contributed by atoms with Gasteiger partial charge in [0, 0.05) is 17.4 Å². The Hall–Kier alpha value is -4.00. The van der Waals surface area contributed by atoms with Gasteiger partial charge in [-0.25, -0.2) is 4.39 Å². The highest BCUT2D eigenvalue weighted by Gasteiger charge is 2.47. The molecule has 1 fully saturated rings. The first-order chi connectivity index (χ1) is 15.8. The molecular formula is C26H23FN2O4. The molecule has 1 N–H and O–H groups in total. The Morgan fingerprint density at radius 1 is 1.09 bits per heavy atom. The van der Waals surface area contributed by atoms with Crippen molar-refractivity contribution in [1.29, 1.82) is 0 Å². The van der Waals surface area contributed by atoms with E-state index in [4.69, 9.17) is 4.74 Å². The van der Waals surface area contributed by atoms with Crippen LogP contribution < -0.4 is 9.64 Å². The number of Topliss-reactive ketones (excluding diaryl/α,β-unsaturated/α-hetero) is 1. The number of halogens is 1. The predicted molar refractivity (Wildman–Crippen MR) is 123 cm³/mol. The van der Waals surface area contributed by atoms with Gasteiger partial charge in [0.2, 0.25) is 0 Å². The normalized spacial score (nSPS) is 17.6. The summed E-state index contributed by atoms with van der Waals surface area (Å²) in [6.07, 6.45) is 1.55. The Labute approximate surface area is 191 Å². The zero-order valence-corrected chi connectivity index (χ0v) is 18.4. The molecule has 6 nitrogen and oxygen atoms in total. The van der Waals surface area contributed by atoms with Crippen molar-refractivity contribution in [2.24, 2.45) is 0 Å². The Bertz CT molecular complexity index is 1240. The first-order valence-electron chi connectivity index (χ1n) is 10.5. The van der Waals surface area contributed by atoms with Gasteiger partial charge >= 0.3 is 0 Å². The molecule has 0 bridgehead atoms. The lowest BCUT2D eigenvalue weighted by Gasteiger charge is -2.24. The van der Waals surface area contributed by atoms with Crippen LogP contribution in [0.15, 0.2) is 72.4 Å². The molecule has 4 rings (SSSR count). The lowest BCUT2D eigenvalue weighted by atomic mass is 9.94. The van der Waals surface area contributed by atoms with Crippen LogP contribution >= 0.6 is 0 Å². The summed E-state index contributed by atoms with van der Waals surface area (Å²) in [5, 5.41) is 11.3. The highest BCUT2D eigenvalue weighted by atomic mass is 19.1. The first kappa shape index (κ1) is 22.2. The highest BCUT2D eigenvalue weighted by molar-refractivity contribution is 6.51. The molecule has 1 saturated heterocycles. The number of benzene rings is 2. The summed E-state index contributed by atoms with van der Waals surface area (Å²) in [5.74, 6) is -1.68. The van der Waals surface area contributed by atoms with Crippen LogP contribution in [-0.2, 0) is 9.59 Å². The van der Waals surface area contributed by atoms with E-state index in [0.29, 0.717) is 22.7 Å². The van der Waals surface area contributed by atoms with Crippen LogP contribution in [0.5, 0.6) is 5.75 Å². The fourth-order valence-electron chi connectivity index (χ4n) is 4.01. The maximum absolute atomic E-state index is 13.5. The zero-order chi connectivity index (χ0) is 23.7. The fourth-order valence-corrected chi connectivity index (χ4v) is 4.01. The van der Waals surface area contributed by atoms with Crippen LogP contribution in [0.2, 0.25) is 0 Å². The van der Waals surface area contributed by atoms with Crippen molar-refractivity contribution in [3.05, 3.63) is 95.1 Å². The van der Waals surface area contributed by atoms with Gasteiger partial charge in [-0.1, -0.05) is 19.9 Å². The number of hydrogen-bond acceptors (Lipinski definition) is 5. The zero-order valence-electron chi connectivity index (χ0n) is 18.4. The third-order valence-corrected chi connectivity index (χ3v) is 5.64. The van der Waals surface area contributed by atoms with Crippen molar-refractivity contribution in [1.82, 2.24) is 4.98 Å². The van der Waals surface area contributed by atoms with Crippen LogP contribution in [0.3, 0.4) is 0 Å². The molecule has 33 heavy (non-hydrogen) atoms. The Morgan fingerprint density at radius 3 is 2.42 bits per heavy atom. The van der Waals surface area contributed by atoms with Gasteiger partial charge in [-0.3, -0.25) is 19.5 Å². The van der Waals surface area contributed by atoms with Gasteiger partial charge in [0.1, 0.15) is 23.4 Å². The maximum atomic E-state index is 13.5. The molecule has 1 unspecified atom stereocenters. The Kier molecular flexibility index (Phi) is 5.96. The number of amides is 1. The largest absolute Gasteiger partial charge is 0.507 e. The number of aromatic nitrogens is 1. The molecule has 168 valence electrons. The van der Waals surface area contributed by atoms with Crippen molar-refractivity contribution in [2.75, 3.05) is 12.0 Å². The van der Waals surface area contributed by atoms with Gasteiger partial charge < -0.3 is 9.84 Å². The number of ether oxygens (including phenoxy) is 1. The van der Waals surface area contributed by atoms with E-state index in [2.05, 4.69) is 4.98 Å². The Morgan fingerprint density at radius 2 is 1.82 bits per heavy atom. The van der Waals surface area contributed by atoms with Gasteiger partial charge in [0.15, 0.2) is 0 Å². The predicted octanol–water partition coefficient (Wildman–Crippen LogP) is 4.98. The van der Waals surface area contributed by atoms with Crippen LogP contribution in [-0.4, -0.2) is 28.9 Å². The molecule has 0 saturated carbocycles. The van der Waals surface area contributed by atoms with E-state index < -0.39 is 23.5 Å². The number of methoxy groups -OCH3 is 1. The molecule has 1 amide bonds. The van der Waals surface area contributed by atoms with Gasteiger partial charge in [0.25, 0.3) is 11.7 Å². The first-order valence-corrected chi connectivity index (χ1v) is 10.5. The summed E-state index contributed by atoms with van der Waals surface area (Å²) < 4.78 is 18.9. The average molecular weight is 446 g/mol. The van der Waals surface area contributed by atoms with E-state index in [9.17, 15) is 19.1 Å². The monoisotopic (exact) mass is 446 g/mol. The van der Waals surface area contributed by atoms with E-state index in [1.807, 2.05) is 13.8 Å². The average Bonchev–Trinajstić information content (AvgIpc) is 3.09. The van der Waals surface area contributed by atoms with Crippen molar-refractivity contribution < 1.29 is 23.8 Å². The van der Waals surface area contributed by atoms with Crippen molar-refractivity contribution in [2.45, 2.75) is 25.8 Å². The van der Waals surface area contributed by atoms with Gasteiger partial charge in [-0.15, -0.1) is 0 Å². The molecule has 0 spiro atoms. The lowest BCUT2D eigenvalue weighted by Crippen LogP contribution is -2.29. The van der Waals surface area contributed by atoms with Gasteiger partial charge in [-0.2, -0.15) is 0 Å². The van der Waals surface area contributed by atoms with Crippen LogP contribution in [0, 0.1) is 5.82 Å². The van der Waals surface area contributed by atoms with Crippen molar-refractivity contribution in [3.63, 3.8) is 0 Å². The second kappa shape index (κ2) is 8.86. The Balaban J connectivity index is 1.93. The molecule has 3 aromatic rings. The second-order valence-corrected chi connectivity index (χ2v) is 8.01. The highest BCUT2D eigenvalue weighted by Crippen LogP contribution is 2.42. The number of carbonyl (C=O) groups excluding carboxylic acids is 2. The molecular weight excluding hydrogens is 423 g/mol. The van der Waals surface area contributed by atoms with Gasteiger partial charge in [-0.05, 0) is 66.1 Å².